The molecule has 6 rings (SSSR count). The fourth-order valence-corrected chi connectivity index (χ4v) is 6.62. The predicted molar refractivity (Wildman–Crippen MR) is 172 cm³/mol. The van der Waals surface area contributed by atoms with Gasteiger partial charge in [-0.25, -0.2) is 87.8 Å². The summed E-state index contributed by atoms with van der Waals surface area (Å²) < 4.78 is 296. The Bertz CT molecular complexity index is 2300. The Morgan fingerprint density at radius 3 is 0.933 bits per heavy atom. The number of hydrogen-bond acceptors (Lipinski definition) is 2. The Morgan fingerprint density at radius 2 is 0.667 bits per heavy atom. The van der Waals surface area contributed by atoms with Crippen LogP contribution in [0.25, 0.3) is 0 Å². The van der Waals surface area contributed by atoms with Crippen LogP contribution in [0.5, 0.6) is 0 Å². The maximum absolute atomic E-state index is 15.4. The van der Waals surface area contributed by atoms with E-state index in [0.29, 0.717) is 5.75 Å². The predicted octanol–water partition coefficient (Wildman–Crippen LogP) is 7.69. The second kappa shape index (κ2) is 17.0. The lowest BCUT2D eigenvalue weighted by Gasteiger charge is -2.44. The molecule has 0 bridgehead atoms. The third-order valence-electron chi connectivity index (χ3n) is 8.99. The Balaban J connectivity index is 0.000000379. The van der Waals surface area contributed by atoms with Crippen LogP contribution in [0.4, 0.5) is 87.8 Å². The molecule has 1 heterocycles. The highest BCUT2D eigenvalue weighted by atomic mass is 32.1. The van der Waals surface area contributed by atoms with Crippen LogP contribution in [-0.4, -0.2) is 11.1 Å². The standard InChI is InChI=1S/C24BF20.C12H12N2S/c26-5-1(6(27)14(35)21(42)13(5)34)25(2-7(28)15(36)22(43)16(37)8(2)29,3-9(30)17(38)23(44)18(39)10(3)31)4-11(32)19(40)24(45)20(41)12(4)33;15-10-12-8-13-6-7-14(12)9-11-4-2-1-3-5-11/h;1-8H,9-10H2/q-1;/p+1. The molecule has 0 unspecified atom stereocenters. The molecular weight excluding hydrogens is 883 g/mol. The van der Waals surface area contributed by atoms with Gasteiger partial charge in [-0.3, -0.25) is 4.98 Å². The molecule has 0 spiro atoms. The van der Waals surface area contributed by atoms with Crippen molar-refractivity contribution in [3.05, 3.63) is 177 Å². The zero-order valence-electron chi connectivity index (χ0n) is 28.5. The molecule has 0 aliphatic heterocycles. The maximum atomic E-state index is 15.4. The molecule has 0 saturated heterocycles. The van der Waals surface area contributed by atoms with Gasteiger partial charge in [0, 0.05) is 5.56 Å². The average Bonchev–Trinajstić information content (AvgIpc) is 3.24. The van der Waals surface area contributed by atoms with Crippen molar-refractivity contribution < 1.29 is 92.4 Å². The molecule has 0 aliphatic rings. The first-order chi connectivity index (χ1) is 28.1. The smallest absolute Gasteiger partial charge is 0.209 e. The van der Waals surface area contributed by atoms with Crippen LogP contribution in [0.15, 0.2) is 48.9 Å². The van der Waals surface area contributed by atoms with E-state index in [1.807, 2.05) is 18.5 Å². The van der Waals surface area contributed by atoms with E-state index in [9.17, 15) is 52.7 Å². The number of nitrogens with zero attached hydrogens (tertiary/aromatic N) is 2. The minimum atomic E-state index is -7.22. The fourth-order valence-electron chi connectivity index (χ4n) is 6.36. The van der Waals surface area contributed by atoms with Gasteiger partial charge in [-0.15, -0.1) is 21.9 Å². The van der Waals surface area contributed by atoms with E-state index in [-0.39, 0.29) is 0 Å². The summed E-state index contributed by atoms with van der Waals surface area (Å²) in [6.45, 7) is 0.874. The second-order valence-corrected chi connectivity index (χ2v) is 12.5. The number of hydrogen-bond donors (Lipinski definition) is 1. The third-order valence-corrected chi connectivity index (χ3v) is 9.31. The van der Waals surface area contributed by atoms with Crippen LogP contribution < -0.4 is 26.4 Å². The summed E-state index contributed by atoms with van der Waals surface area (Å²) in [5.74, 6) is -70.7. The van der Waals surface area contributed by atoms with E-state index in [1.165, 1.54) is 5.56 Å². The Morgan fingerprint density at radius 1 is 0.400 bits per heavy atom. The van der Waals surface area contributed by atoms with Crippen LogP contribution in [0.2, 0.25) is 0 Å². The molecule has 0 atom stereocenters. The Hall–Kier alpha value is -5.81. The SMILES string of the molecule is Fc1c(F)c(F)c([B-](c2c(F)c(F)c(F)c(F)c2F)(c2c(F)c(F)c(F)c(F)c2F)c2c(F)c(F)c(F)c(F)c2F)c(F)c1F.SCc1cncc[n+]1Cc1ccccc1. The summed E-state index contributed by atoms with van der Waals surface area (Å²) in [5.41, 5.74) is -11.9. The molecule has 0 fully saturated rings. The van der Waals surface area contributed by atoms with Crippen molar-refractivity contribution in [1.29, 1.82) is 0 Å². The summed E-state index contributed by atoms with van der Waals surface area (Å²) in [4.78, 5) is 4.09. The van der Waals surface area contributed by atoms with Crippen molar-refractivity contribution >= 4 is 40.6 Å². The number of halogens is 20. The van der Waals surface area contributed by atoms with Gasteiger partial charge in [0.2, 0.25) is 5.69 Å². The molecule has 60 heavy (non-hydrogen) atoms. The third kappa shape index (κ3) is 7.06. The van der Waals surface area contributed by atoms with E-state index < -0.39 is 144 Å². The quantitative estimate of drug-likeness (QED) is 0.0435. The summed E-state index contributed by atoms with van der Waals surface area (Å²) in [7, 11) is 0. The Labute approximate surface area is 326 Å². The number of aromatic nitrogens is 2. The largest absolute Gasteiger partial charge is 0.252 e. The van der Waals surface area contributed by atoms with E-state index >= 15 is 35.1 Å². The number of thiol groups is 1. The molecule has 0 aliphatic carbocycles. The van der Waals surface area contributed by atoms with E-state index in [2.05, 4.69) is 46.4 Å². The summed E-state index contributed by atoms with van der Waals surface area (Å²) in [5, 5.41) is 0. The van der Waals surface area contributed by atoms with Crippen molar-refractivity contribution in [1.82, 2.24) is 4.98 Å². The molecule has 0 N–H and O–H groups in total. The number of rotatable bonds is 7. The first-order valence-corrected chi connectivity index (χ1v) is 16.4. The molecule has 0 amide bonds. The average molecular weight is 896 g/mol. The molecule has 1 aromatic heterocycles. The topological polar surface area (TPSA) is 16.8 Å². The molecule has 24 heteroatoms. The van der Waals surface area contributed by atoms with Crippen molar-refractivity contribution in [2.75, 3.05) is 0 Å². The van der Waals surface area contributed by atoms with E-state index in [1.54, 1.807) is 6.20 Å². The molecule has 0 saturated carbocycles. The van der Waals surface area contributed by atoms with Crippen LogP contribution in [0.1, 0.15) is 11.3 Å². The van der Waals surface area contributed by atoms with Gasteiger partial charge in [-0.1, -0.05) is 30.3 Å². The summed E-state index contributed by atoms with van der Waals surface area (Å²) in [6.07, 6.45) is -1.57. The van der Waals surface area contributed by atoms with Crippen molar-refractivity contribution in [2.45, 2.75) is 12.3 Å². The summed E-state index contributed by atoms with van der Waals surface area (Å²) in [6, 6.07) is 10.4. The van der Waals surface area contributed by atoms with Gasteiger partial charge >= 0.3 is 0 Å². The van der Waals surface area contributed by atoms with Crippen LogP contribution >= 0.6 is 12.6 Å². The second-order valence-electron chi connectivity index (χ2n) is 12.1. The van der Waals surface area contributed by atoms with Gasteiger partial charge in [-0.05, 0) is 0 Å². The first kappa shape index (κ1) is 45.3. The van der Waals surface area contributed by atoms with Crippen LogP contribution in [-0.2, 0) is 12.3 Å². The highest BCUT2D eigenvalue weighted by Gasteiger charge is 2.52. The van der Waals surface area contributed by atoms with Gasteiger partial charge in [0.1, 0.15) is 52.7 Å². The molecule has 5 aromatic carbocycles. The molecule has 316 valence electrons. The lowest BCUT2D eigenvalue weighted by molar-refractivity contribution is -0.695. The minimum Gasteiger partial charge on any atom is -0.252 e. The van der Waals surface area contributed by atoms with Crippen LogP contribution in [0, 0.1) is 116 Å². The normalized spacial score (nSPS) is 11.6. The van der Waals surface area contributed by atoms with Gasteiger partial charge in [0.15, 0.2) is 82.5 Å². The van der Waals surface area contributed by atoms with E-state index in [4.69, 9.17) is 0 Å². The van der Waals surface area contributed by atoms with Crippen molar-refractivity contribution in [3.8, 4) is 0 Å². The van der Waals surface area contributed by atoms with Gasteiger partial charge in [-0.2, -0.15) is 17.2 Å². The van der Waals surface area contributed by atoms with Crippen LogP contribution in [0.3, 0.4) is 0 Å². The molecular formula is C36H13BF20N2S. The monoisotopic (exact) mass is 896 g/mol. The van der Waals surface area contributed by atoms with Crippen molar-refractivity contribution in [3.63, 3.8) is 0 Å². The highest BCUT2D eigenvalue weighted by molar-refractivity contribution is 7.79. The molecule has 2 nitrogen and oxygen atoms in total. The lowest BCUT2D eigenvalue weighted by atomic mass is 9.12. The summed E-state index contributed by atoms with van der Waals surface area (Å²) >= 11 is 4.29. The minimum absolute atomic E-state index is 0.709. The molecule has 6 aromatic rings. The Kier molecular flexibility index (Phi) is 12.9. The van der Waals surface area contributed by atoms with Crippen molar-refractivity contribution in [2.24, 2.45) is 0 Å². The highest BCUT2D eigenvalue weighted by Crippen LogP contribution is 2.30. The zero-order chi connectivity index (χ0) is 44.9. The number of benzene rings is 5. The van der Waals surface area contributed by atoms with Gasteiger partial charge in [0.25, 0.3) is 0 Å². The fraction of sp³-hybridized carbons (Fsp3) is 0.0556. The van der Waals surface area contributed by atoms with Gasteiger partial charge in [0.05, 0.1) is 18.1 Å². The zero-order valence-corrected chi connectivity index (χ0v) is 29.4. The molecule has 0 radical (unpaired) electrons. The first-order valence-electron chi connectivity index (χ1n) is 15.8. The lowest BCUT2D eigenvalue weighted by Crippen LogP contribution is -2.81. The van der Waals surface area contributed by atoms with Gasteiger partial charge < -0.3 is 0 Å². The maximum Gasteiger partial charge on any atom is 0.209 e. The van der Waals surface area contributed by atoms with E-state index in [0.717, 1.165) is 12.2 Å².